The first-order chi connectivity index (χ1) is 16.1. The molecule has 0 aromatic heterocycles. The van der Waals surface area contributed by atoms with Crippen LogP contribution in [0.4, 0.5) is 0 Å². The normalized spacial score (nSPS) is 16.1. The Morgan fingerprint density at radius 2 is 1.82 bits per heavy atom. The van der Waals surface area contributed by atoms with E-state index in [1.54, 1.807) is 30.3 Å². The van der Waals surface area contributed by atoms with Gasteiger partial charge in [0, 0.05) is 42.1 Å². The largest absolute Gasteiger partial charge is 0.378 e. The number of nitrogens with one attached hydrogen (secondary N) is 2. The van der Waals surface area contributed by atoms with Gasteiger partial charge in [-0.1, -0.05) is 35.3 Å². The van der Waals surface area contributed by atoms with Gasteiger partial charge in [-0.3, -0.25) is 9.59 Å². The fourth-order valence-corrected chi connectivity index (χ4v) is 5.35. The number of halogens is 2. The molecule has 9 nitrogen and oxygen atoms in total. The first-order valence-electron chi connectivity index (χ1n) is 10.5. The van der Waals surface area contributed by atoms with Crippen LogP contribution in [0.1, 0.15) is 22.6 Å². The second kappa shape index (κ2) is 11.5. The Balaban J connectivity index is 1.58. The lowest BCUT2D eigenvalue weighted by Gasteiger charge is -2.33. The maximum absolute atomic E-state index is 12.6. The van der Waals surface area contributed by atoms with E-state index in [1.165, 1.54) is 0 Å². The Morgan fingerprint density at radius 3 is 2.50 bits per heavy atom. The summed E-state index contributed by atoms with van der Waals surface area (Å²) >= 11 is 12.7. The second-order valence-corrected chi connectivity index (χ2v) is 10.5. The molecule has 0 spiro atoms. The molecule has 1 aliphatic rings. The highest BCUT2D eigenvalue weighted by molar-refractivity contribution is 7.89. The summed E-state index contributed by atoms with van der Waals surface area (Å²) in [6.45, 7) is 1.82. The van der Waals surface area contributed by atoms with Crippen LogP contribution in [0, 0.1) is 0 Å². The number of hydrogen-bond donors (Lipinski definition) is 3. The average Bonchev–Trinajstić information content (AvgIpc) is 2.78. The minimum Gasteiger partial charge on any atom is -0.378 e. The van der Waals surface area contributed by atoms with Crippen molar-refractivity contribution in [2.45, 2.75) is 17.4 Å². The Bertz CT molecular complexity index is 1160. The van der Waals surface area contributed by atoms with Gasteiger partial charge in [0.05, 0.1) is 18.1 Å². The summed E-state index contributed by atoms with van der Waals surface area (Å²) in [5.74, 6) is -1.97. The number of benzene rings is 2. The van der Waals surface area contributed by atoms with Crippen molar-refractivity contribution >= 4 is 45.0 Å². The van der Waals surface area contributed by atoms with Crippen LogP contribution in [-0.2, 0) is 30.9 Å². The minimum absolute atomic E-state index is 0.0121. The van der Waals surface area contributed by atoms with E-state index in [9.17, 15) is 18.0 Å². The van der Waals surface area contributed by atoms with Gasteiger partial charge < -0.3 is 20.7 Å². The van der Waals surface area contributed by atoms with Crippen LogP contribution < -0.4 is 15.8 Å². The van der Waals surface area contributed by atoms with Crippen LogP contribution in [0.25, 0.3) is 0 Å². The molecule has 184 valence electrons. The number of nitrogens with two attached hydrogens (primary N) is 1. The topological polar surface area (TPSA) is 131 Å². The Kier molecular flexibility index (Phi) is 8.91. The number of carbonyl (C=O) groups is 2. The first-order valence-corrected chi connectivity index (χ1v) is 12.7. The molecule has 2 aromatic carbocycles. The lowest BCUT2D eigenvalue weighted by molar-refractivity contribution is -0.137. The van der Waals surface area contributed by atoms with Crippen LogP contribution >= 0.6 is 23.2 Å². The lowest BCUT2D eigenvalue weighted by Crippen LogP contribution is -2.38. The molecule has 3 rings (SSSR count). The van der Waals surface area contributed by atoms with Crippen LogP contribution in [0.15, 0.2) is 41.3 Å². The third-order valence-electron chi connectivity index (χ3n) is 5.38. The summed E-state index contributed by atoms with van der Waals surface area (Å²) in [6.07, 6.45) is 0. The third-order valence-corrected chi connectivity index (χ3v) is 7.41. The Labute approximate surface area is 208 Å². The smallest absolute Gasteiger partial charge is 0.309 e. The molecule has 1 aliphatic heterocycles. The van der Waals surface area contributed by atoms with Gasteiger partial charge in [-0.05, 0) is 48.0 Å². The maximum atomic E-state index is 12.6. The monoisotopic (exact) mass is 528 g/mol. The molecule has 0 bridgehead atoms. The van der Waals surface area contributed by atoms with E-state index >= 15 is 0 Å². The number of sulfonamides is 1. The molecular weight excluding hydrogens is 503 g/mol. The van der Waals surface area contributed by atoms with Crippen molar-refractivity contribution in [3.63, 3.8) is 0 Å². The zero-order valence-corrected chi connectivity index (χ0v) is 20.8. The predicted octanol–water partition coefficient (Wildman–Crippen LogP) is 1.47. The average molecular weight is 529 g/mol. The summed E-state index contributed by atoms with van der Waals surface area (Å²) in [4.78, 5) is 23.9. The number of ether oxygens (including phenoxy) is 1. The number of fused-ring (bicyclic) bond motifs is 1. The molecule has 1 heterocycles. The van der Waals surface area contributed by atoms with E-state index in [0.29, 0.717) is 10.0 Å². The number of nitrogens with zero attached hydrogens (tertiary/aromatic N) is 1. The van der Waals surface area contributed by atoms with Crippen molar-refractivity contribution in [3.8, 4) is 0 Å². The molecule has 0 aliphatic carbocycles. The number of likely N-dealkylation sites (N-methyl/N-ethyl adjacent to an activating group) is 1. The molecule has 0 saturated heterocycles. The molecule has 0 saturated carbocycles. The van der Waals surface area contributed by atoms with E-state index < -0.39 is 21.8 Å². The van der Waals surface area contributed by atoms with Gasteiger partial charge in [0.2, 0.25) is 10.0 Å². The number of amides is 2. The Morgan fingerprint density at radius 1 is 1.15 bits per heavy atom. The third kappa shape index (κ3) is 6.68. The van der Waals surface area contributed by atoms with Crippen LogP contribution in [0.3, 0.4) is 0 Å². The van der Waals surface area contributed by atoms with Crippen LogP contribution in [-0.4, -0.2) is 65.0 Å². The Hall–Kier alpha value is -2.21. The summed E-state index contributed by atoms with van der Waals surface area (Å²) in [5.41, 5.74) is 7.85. The zero-order chi connectivity index (χ0) is 24.9. The van der Waals surface area contributed by atoms with Crippen molar-refractivity contribution in [2.75, 3.05) is 39.9 Å². The molecule has 0 fully saturated rings. The van der Waals surface area contributed by atoms with Crippen molar-refractivity contribution in [1.29, 1.82) is 0 Å². The molecule has 4 N–H and O–H groups in total. The van der Waals surface area contributed by atoms with Crippen LogP contribution in [0.2, 0.25) is 10.0 Å². The van der Waals surface area contributed by atoms with E-state index in [0.717, 1.165) is 29.8 Å². The quantitative estimate of drug-likeness (QED) is 0.333. The highest BCUT2D eigenvalue weighted by Crippen LogP contribution is 2.38. The van der Waals surface area contributed by atoms with Gasteiger partial charge in [0.1, 0.15) is 0 Å². The van der Waals surface area contributed by atoms with Gasteiger partial charge in [-0.25, -0.2) is 13.1 Å². The first kappa shape index (κ1) is 26.4. The van der Waals surface area contributed by atoms with Crippen LogP contribution in [0.5, 0.6) is 0 Å². The van der Waals surface area contributed by atoms with E-state index in [-0.39, 0.29) is 37.1 Å². The van der Waals surface area contributed by atoms with Crippen molar-refractivity contribution < 1.29 is 22.7 Å². The molecule has 0 radical (unpaired) electrons. The molecule has 1 atom stereocenters. The SMILES string of the molecule is CN1Cc2c(Cl)cc(Cl)cc2C(c2ccc(S(=O)(=O)NCCOCCNC(=O)C(N)=O)cc2)C1. The van der Waals surface area contributed by atoms with E-state index in [4.69, 9.17) is 33.7 Å². The lowest BCUT2D eigenvalue weighted by atomic mass is 9.85. The number of rotatable bonds is 9. The summed E-state index contributed by atoms with van der Waals surface area (Å²) in [5, 5.41) is 3.46. The van der Waals surface area contributed by atoms with E-state index in [1.807, 2.05) is 13.1 Å². The minimum atomic E-state index is -3.72. The molecule has 34 heavy (non-hydrogen) atoms. The van der Waals surface area contributed by atoms with Gasteiger partial charge >= 0.3 is 11.8 Å². The summed E-state index contributed by atoms with van der Waals surface area (Å²) in [7, 11) is -1.71. The molecular formula is C22H26Cl2N4O5S. The fourth-order valence-electron chi connectivity index (χ4n) is 3.77. The van der Waals surface area contributed by atoms with Crippen molar-refractivity contribution in [1.82, 2.24) is 14.9 Å². The highest BCUT2D eigenvalue weighted by Gasteiger charge is 2.27. The van der Waals surface area contributed by atoms with Crippen molar-refractivity contribution in [3.05, 3.63) is 63.1 Å². The van der Waals surface area contributed by atoms with Crippen molar-refractivity contribution in [2.24, 2.45) is 5.73 Å². The number of hydrogen-bond acceptors (Lipinski definition) is 6. The molecule has 12 heteroatoms. The zero-order valence-electron chi connectivity index (χ0n) is 18.5. The standard InChI is InChI=1S/C22H26Cl2N4O5S/c1-28-12-18(17-10-15(23)11-20(24)19(17)13-28)14-2-4-16(5-3-14)34(31,32)27-7-9-33-8-6-26-22(30)21(25)29/h2-5,10-11,18,27H,6-9,12-13H2,1H3,(H2,25,29)(H,26,30). The number of primary amides is 1. The van der Waals surface area contributed by atoms with Gasteiger partial charge in [0.25, 0.3) is 0 Å². The second-order valence-electron chi connectivity index (χ2n) is 7.90. The highest BCUT2D eigenvalue weighted by atomic mass is 35.5. The van der Waals surface area contributed by atoms with Gasteiger partial charge in [0.15, 0.2) is 0 Å². The summed E-state index contributed by atoms with van der Waals surface area (Å²) in [6, 6.07) is 10.4. The molecule has 1 unspecified atom stereocenters. The van der Waals surface area contributed by atoms with Gasteiger partial charge in [-0.15, -0.1) is 0 Å². The van der Waals surface area contributed by atoms with Gasteiger partial charge in [-0.2, -0.15) is 0 Å². The predicted molar refractivity (Wildman–Crippen MR) is 129 cm³/mol. The molecule has 2 amide bonds. The van der Waals surface area contributed by atoms with E-state index in [2.05, 4.69) is 14.9 Å². The number of carbonyl (C=O) groups excluding carboxylic acids is 2. The maximum Gasteiger partial charge on any atom is 0.309 e. The summed E-state index contributed by atoms with van der Waals surface area (Å²) < 4.78 is 32.9. The molecule has 2 aromatic rings. The fraction of sp³-hybridized carbons (Fsp3) is 0.364.